The molecule has 0 saturated heterocycles. The van der Waals surface area contributed by atoms with Gasteiger partial charge in [-0.05, 0) is 108 Å². The van der Waals surface area contributed by atoms with E-state index < -0.39 is 0 Å². The van der Waals surface area contributed by atoms with E-state index in [0.717, 1.165) is 45.6 Å². The number of benzene rings is 7. The molecule has 2 heteroatoms. The topological polar surface area (TPSA) is 36.7 Å². The fourth-order valence-electron chi connectivity index (χ4n) is 7.67. The van der Waals surface area contributed by atoms with Gasteiger partial charge in [0.1, 0.15) is 0 Å². The Bertz CT molecular complexity index is 2750. The predicted molar refractivity (Wildman–Crippen MR) is 222 cm³/mol. The van der Waals surface area contributed by atoms with Crippen LogP contribution in [-0.2, 0) is 0 Å². The molecule has 1 aliphatic carbocycles. The van der Waals surface area contributed by atoms with E-state index in [9.17, 15) is 5.26 Å². The lowest BCUT2D eigenvalue weighted by atomic mass is 9.88. The molecule has 1 unspecified atom stereocenters. The van der Waals surface area contributed by atoms with Gasteiger partial charge < -0.3 is 0 Å². The summed E-state index contributed by atoms with van der Waals surface area (Å²) >= 11 is 0. The molecule has 0 saturated carbocycles. The van der Waals surface area contributed by atoms with E-state index in [4.69, 9.17) is 4.98 Å². The fraction of sp³-hybridized carbons (Fsp3) is 0.0588. The molecule has 9 rings (SSSR count). The lowest BCUT2D eigenvalue weighted by Crippen LogP contribution is -1.98. The van der Waals surface area contributed by atoms with Gasteiger partial charge in [-0.1, -0.05) is 165 Å². The number of allylic oxidation sites excluding steroid dienone is 4. The van der Waals surface area contributed by atoms with Crippen LogP contribution in [0.2, 0.25) is 0 Å². The highest BCUT2D eigenvalue weighted by molar-refractivity contribution is 6.11. The first-order valence-corrected chi connectivity index (χ1v) is 18.2. The van der Waals surface area contributed by atoms with Crippen molar-refractivity contribution in [3.63, 3.8) is 0 Å². The molecule has 0 bridgehead atoms. The molecule has 0 amide bonds. The van der Waals surface area contributed by atoms with Crippen molar-refractivity contribution in [3.8, 4) is 61.8 Å². The molecule has 0 spiro atoms. The smallest absolute Gasteiger partial charge is 0.0991 e. The summed E-state index contributed by atoms with van der Waals surface area (Å²) in [5, 5.41) is 14.2. The van der Waals surface area contributed by atoms with Gasteiger partial charge in [0.2, 0.25) is 0 Å². The zero-order valence-electron chi connectivity index (χ0n) is 29.5. The van der Waals surface area contributed by atoms with Crippen molar-refractivity contribution in [1.29, 1.82) is 5.26 Å². The maximum absolute atomic E-state index is 9.32. The summed E-state index contributed by atoms with van der Waals surface area (Å²) in [5.74, 6) is 0.549. The Hall–Kier alpha value is -6.82. The Morgan fingerprint density at radius 2 is 1.02 bits per heavy atom. The molecule has 1 aromatic heterocycles. The van der Waals surface area contributed by atoms with Crippen LogP contribution in [0.1, 0.15) is 24.6 Å². The highest BCUT2D eigenvalue weighted by Crippen LogP contribution is 2.41. The maximum Gasteiger partial charge on any atom is 0.0991 e. The van der Waals surface area contributed by atoms with Gasteiger partial charge in [0.15, 0.2) is 0 Å². The van der Waals surface area contributed by atoms with Crippen LogP contribution >= 0.6 is 0 Å². The summed E-state index contributed by atoms with van der Waals surface area (Å²) in [7, 11) is 0. The summed E-state index contributed by atoms with van der Waals surface area (Å²) in [6.07, 6.45) is 7.85. The van der Waals surface area contributed by atoms with Gasteiger partial charge in [0.25, 0.3) is 0 Å². The highest BCUT2D eigenvalue weighted by atomic mass is 14.7. The third kappa shape index (κ3) is 6.13. The van der Waals surface area contributed by atoms with Crippen molar-refractivity contribution in [3.05, 3.63) is 193 Å². The summed E-state index contributed by atoms with van der Waals surface area (Å²) in [4.78, 5) is 5.13. The van der Waals surface area contributed by atoms with Crippen molar-refractivity contribution in [2.45, 2.75) is 13.3 Å². The van der Waals surface area contributed by atoms with E-state index in [1.165, 1.54) is 49.4 Å². The minimum absolute atomic E-state index is 0.549. The second-order valence-electron chi connectivity index (χ2n) is 13.9. The first-order chi connectivity index (χ1) is 26.1. The molecular weight excluding hydrogens is 641 g/mol. The number of aromatic nitrogens is 1. The van der Waals surface area contributed by atoms with Crippen LogP contribution in [0, 0.1) is 17.2 Å². The Labute approximate surface area is 310 Å². The Morgan fingerprint density at radius 3 is 1.68 bits per heavy atom. The van der Waals surface area contributed by atoms with E-state index in [2.05, 4.69) is 165 Å². The average Bonchev–Trinajstić information content (AvgIpc) is 3.23. The molecular formula is C51H36N2. The van der Waals surface area contributed by atoms with Crippen LogP contribution in [0.25, 0.3) is 82.9 Å². The molecule has 1 aliphatic rings. The van der Waals surface area contributed by atoms with Gasteiger partial charge in [0.05, 0.1) is 23.0 Å². The Balaban J connectivity index is 1.10. The Kier molecular flexibility index (Phi) is 8.31. The number of nitrogens with zero attached hydrogens (tertiary/aromatic N) is 2. The van der Waals surface area contributed by atoms with Crippen LogP contribution in [-0.4, -0.2) is 4.98 Å². The maximum atomic E-state index is 9.32. The average molecular weight is 677 g/mol. The van der Waals surface area contributed by atoms with Gasteiger partial charge in [-0.3, -0.25) is 0 Å². The molecule has 1 atom stereocenters. The minimum atomic E-state index is 0.549. The molecule has 1 heterocycles. The van der Waals surface area contributed by atoms with E-state index >= 15 is 0 Å². The van der Waals surface area contributed by atoms with Gasteiger partial charge in [-0.25, -0.2) is 4.98 Å². The normalized spacial score (nSPS) is 13.9. The monoisotopic (exact) mass is 676 g/mol. The summed E-state index contributed by atoms with van der Waals surface area (Å²) < 4.78 is 0. The zero-order chi connectivity index (χ0) is 35.7. The molecule has 2 nitrogen and oxygen atoms in total. The van der Waals surface area contributed by atoms with Crippen LogP contribution in [0.15, 0.2) is 182 Å². The number of hydrogen-bond acceptors (Lipinski definition) is 2. The van der Waals surface area contributed by atoms with Crippen molar-refractivity contribution >= 4 is 27.1 Å². The van der Waals surface area contributed by atoms with E-state index in [1.54, 1.807) is 0 Å². The van der Waals surface area contributed by atoms with E-state index in [0.29, 0.717) is 11.5 Å². The van der Waals surface area contributed by atoms with Crippen LogP contribution < -0.4 is 0 Å². The van der Waals surface area contributed by atoms with Crippen molar-refractivity contribution in [1.82, 2.24) is 4.98 Å². The molecule has 0 aliphatic heterocycles. The number of pyridine rings is 1. The SMILES string of the molecule is CC1C=CC(c2cc(-c3ccc(-c4cccc5c(-c6ccc(-c7ccc(C#N)cc7)c7ccccc67)cccc45)cc3)cc(-c3ccccc3)n2)=CC1. The first-order valence-electron chi connectivity index (χ1n) is 18.2. The standard InChI is InChI=1S/C51H36N2/c1-34-17-21-40(22-18-34)51-32-41(31-50(53-51)39-9-3-2-4-10-39)36-25-27-38(28-26-36)42-13-7-15-47-45(42)14-8-16-48(47)49-30-29-43(44-11-5-6-12-46(44)49)37-23-19-35(33-52)20-24-37/h2-17,19-32,34H,18H2,1H3. The minimum Gasteiger partial charge on any atom is -0.248 e. The predicted octanol–water partition coefficient (Wildman–Crippen LogP) is 13.6. The number of rotatable bonds is 6. The summed E-state index contributed by atoms with van der Waals surface area (Å²) in [6, 6.07) is 60.4. The number of nitriles is 1. The first kappa shape index (κ1) is 32.1. The van der Waals surface area contributed by atoms with Gasteiger partial charge in [0, 0.05) is 5.56 Å². The van der Waals surface area contributed by atoms with Gasteiger partial charge >= 0.3 is 0 Å². The van der Waals surface area contributed by atoms with Crippen LogP contribution in [0.4, 0.5) is 0 Å². The fourth-order valence-corrected chi connectivity index (χ4v) is 7.67. The molecule has 8 aromatic rings. The molecule has 0 N–H and O–H groups in total. The quantitative estimate of drug-likeness (QED) is 0.176. The van der Waals surface area contributed by atoms with Crippen molar-refractivity contribution in [2.24, 2.45) is 5.92 Å². The lowest BCUT2D eigenvalue weighted by molar-refractivity contribution is 0.738. The molecule has 0 fully saturated rings. The molecule has 53 heavy (non-hydrogen) atoms. The van der Waals surface area contributed by atoms with Crippen LogP contribution in [0.3, 0.4) is 0 Å². The van der Waals surface area contributed by atoms with Crippen molar-refractivity contribution in [2.75, 3.05) is 0 Å². The van der Waals surface area contributed by atoms with E-state index in [1.807, 2.05) is 30.3 Å². The molecule has 0 radical (unpaired) electrons. The van der Waals surface area contributed by atoms with Crippen molar-refractivity contribution < 1.29 is 0 Å². The second kappa shape index (κ2) is 13.7. The zero-order valence-corrected chi connectivity index (χ0v) is 29.5. The number of fused-ring (bicyclic) bond motifs is 2. The Morgan fingerprint density at radius 1 is 0.491 bits per heavy atom. The van der Waals surface area contributed by atoms with Gasteiger partial charge in [-0.15, -0.1) is 0 Å². The molecule has 250 valence electrons. The third-order valence-electron chi connectivity index (χ3n) is 10.5. The lowest BCUT2D eigenvalue weighted by Gasteiger charge is -2.16. The highest BCUT2D eigenvalue weighted by Gasteiger charge is 2.15. The van der Waals surface area contributed by atoms with Crippen LogP contribution in [0.5, 0.6) is 0 Å². The summed E-state index contributed by atoms with van der Waals surface area (Å²) in [6.45, 7) is 2.25. The largest absolute Gasteiger partial charge is 0.248 e. The van der Waals surface area contributed by atoms with Gasteiger partial charge in [-0.2, -0.15) is 5.26 Å². The number of hydrogen-bond donors (Lipinski definition) is 0. The van der Waals surface area contributed by atoms with E-state index in [-0.39, 0.29) is 0 Å². The third-order valence-corrected chi connectivity index (χ3v) is 10.5. The second-order valence-corrected chi connectivity index (χ2v) is 13.9. The molecule has 7 aromatic carbocycles. The summed E-state index contributed by atoms with van der Waals surface area (Å²) in [5.41, 5.74) is 14.3.